The molecule has 3 amide bonds. The van der Waals surface area contributed by atoms with E-state index in [1.165, 1.54) is 17.0 Å². The third-order valence-electron chi connectivity index (χ3n) is 7.84. The van der Waals surface area contributed by atoms with Gasteiger partial charge in [0.2, 0.25) is 0 Å². The SMILES string of the molecule is O=C1NCC(c2cn3c4c(cc(F)cc24)CN(C(=O)N2CC(F)(F)CC(F)(F)C2)CC3)=C1c1cnc2ccccn12. The first kappa shape index (κ1) is 25.5. The van der Waals surface area contributed by atoms with Gasteiger partial charge in [-0.2, -0.15) is 0 Å². The van der Waals surface area contributed by atoms with Gasteiger partial charge < -0.3 is 19.7 Å². The van der Waals surface area contributed by atoms with E-state index >= 15 is 4.39 Å². The standard InChI is InChI=1S/C28H23F5N6O2/c29-17-7-16-11-37(26(41)38-14-27(30,31)13-28(32,33)15-38)6-5-36-12-20(18(8-17)24(16)36)19-9-35-25(40)23(19)21-10-34-22-3-1-2-4-39(21)22/h1-4,7-8,10,12H,5-6,9,11,13-15H2,(H,35,40). The number of nitrogens with one attached hydrogen (secondary N) is 1. The number of benzene rings is 1. The van der Waals surface area contributed by atoms with E-state index < -0.39 is 43.2 Å². The smallest absolute Gasteiger partial charge is 0.320 e. The zero-order valence-corrected chi connectivity index (χ0v) is 21.5. The summed E-state index contributed by atoms with van der Waals surface area (Å²) < 4.78 is 74.7. The monoisotopic (exact) mass is 570 g/mol. The van der Waals surface area contributed by atoms with Crippen molar-refractivity contribution in [1.29, 1.82) is 0 Å². The first-order valence-electron chi connectivity index (χ1n) is 13.0. The van der Waals surface area contributed by atoms with Crippen molar-refractivity contribution < 1.29 is 31.5 Å². The molecule has 0 saturated carbocycles. The van der Waals surface area contributed by atoms with Gasteiger partial charge in [0.15, 0.2) is 0 Å². The molecule has 0 radical (unpaired) electrons. The minimum absolute atomic E-state index is 0.0301. The topological polar surface area (TPSA) is 74.9 Å². The lowest BCUT2D eigenvalue weighted by Gasteiger charge is -2.39. The Morgan fingerprint density at radius 3 is 2.59 bits per heavy atom. The van der Waals surface area contributed by atoms with Crippen molar-refractivity contribution in [2.45, 2.75) is 31.4 Å². The molecule has 3 aromatic heterocycles. The highest BCUT2D eigenvalue weighted by atomic mass is 19.3. The number of nitrogens with zero attached hydrogens (tertiary/aromatic N) is 5. The quantitative estimate of drug-likeness (QED) is 0.364. The van der Waals surface area contributed by atoms with Crippen LogP contribution >= 0.6 is 0 Å². The van der Waals surface area contributed by atoms with E-state index in [2.05, 4.69) is 10.3 Å². The molecule has 8 nitrogen and oxygen atoms in total. The molecule has 0 unspecified atom stereocenters. The van der Waals surface area contributed by atoms with E-state index in [4.69, 9.17) is 0 Å². The van der Waals surface area contributed by atoms with Crippen molar-refractivity contribution in [3.63, 3.8) is 0 Å². The summed E-state index contributed by atoms with van der Waals surface area (Å²) in [4.78, 5) is 32.3. The molecular formula is C28H23F5N6O2. The predicted octanol–water partition coefficient (Wildman–Crippen LogP) is 4.38. The van der Waals surface area contributed by atoms with Crippen LogP contribution in [0.4, 0.5) is 26.7 Å². The molecule has 0 bridgehead atoms. The van der Waals surface area contributed by atoms with Gasteiger partial charge in [-0.15, -0.1) is 0 Å². The van der Waals surface area contributed by atoms with Crippen molar-refractivity contribution in [2.24, 2.45) is 0 Å². The van der Waals surface area contributed by atoms with Gasteiger partial charge in [0.05, 0.1) is 42.5 Å². The lowest BCUT2D eigenvalue weighted by atomic mass is 9.98. The minimum atomic E-state index is -3.71. The summed E-state index contributed by atoms with van der Waals surface area (Å²) in [5.74, 6) is -8.31. The third-order valence-corrected chi connectivity index (χ3v) is 7.84. The van der Waals surface area contributed by atoms with Crippen molar-refractivity contribution in [3.05, 3.63) is 71.6 Å². The maximum atomic E-state index is 15.0. The zero-order chi connectivity index (χ0) is 28.7. The number of rotatable bonds is 2. The third kappa shape index (κ3) is 4.21. The van der Waals surface area contributed by atoms with Crippen LogP contribution in [0.5, 0.6) is 0 Å². The maximum Gasteiger partial charge on any atom is 0.320 e. The molecule has 6 heterocycles. The number of piperidine rings is 1. The first-order chi connectivity index (χ1) is 19.5. The second kappa shape index (κ2) is 8.79. The van der Waals surface area contributed by atoms with E-state index in [9.17, 15) is 27.2 Å². The highest BCUT2D eigenvalue weighted by Crippen LogP contribution is 2.39. The highest BCUT2D eigenvalue weighted by Gasteiger charge is 2.52. The normalized spacial score (nSPS) is 20.2. The number of hydrogen-bond donors (Lipinski definition) is 1. The number of alkyl halides is 4. The van der Waals surface area contributed by atoms with E-state index in [0.717, 1.165) is 0 Å². The Hall–Kier alpha value is -4.42. The second-order valence-electron chi connectivity index (χ2n) is 10.8. The van der Waals surface area contributed by atoms with Gasteiger partial charge in [-0.05, 0) is 35.4 Å². The van der Waals surface area contributed by atoms with Gasteiger partial charge in [0.1, 0.15) is 11.5 Å². The Kier molecular flexibility index (Phi) is 5.47. The molecule has 3 aliphatic heterocycles. The van der Waals surface area contributed by atoms with Gasteiger partial charge >= 0.3 is 6.03 Å². The molecule has 13 heteroatoms. The summed E-state index contributed by atoms with van der Waals surface area (Å²) in [5.41, 5.74) is 3.98. The summed E-state index contributed by atoms with van der Waals surface area (Å²) in [5, 5.41) is 3.37. The maximum absolute atomic E-state index is 15.0. The average Bonchev–Trinajstić information content (AvgIpc) is 3.55. The largest absolute Gasteiger partial charge is 0.348 e. The molecule has 0 aliphatic carbocycles. The molecule has 0 atom stereocenters. The molecule has 1 N–H and O–H groups in total. The first-order valence-corrected chi connectivity index (χ1v) is 13.0. The van der Waals surface area contributed by atoms with Crippen LogP contribution in [-0.4, -0.2) is 73.7 Å². The number of likely N-dealkylation sites (tertiary alicyclic amines) is 1. The molecule has 7 rings (SSSR count). The molecule has 212 valence electrons. The number of aromatic nitrogens is 3. The van der Waals surface area contributed by atoms with E-state index in [0.29, 0.717) is 49.4 Å². The lowest BCUT2D eigenvalue weighted by Crippen LogP contribution is -2.57. The zero-order valence-electron chi connectivity index (χ0n) is 21.5. The van der Waals surface area contributed by atoms with Gasteiger partial charge in [0, 0.05) is 49.5 Å². The van der Waals surface area contributed by atoms with Gasteiger partial charge in [-0.3, -0.25) is 9.20 Å². The highest BCUT2D eigenvalue weighted by molar-refractivity contribution is 6.31. The summed E-state index contributed by atoms with van der Waals surface area (Å²) in [7, 11) is 0. The number of amides is 3. The second-order valence-corrected chi connectivity index (χ2v) is 10.8. The summed E-state index contributed by atoms with van der Waals surface area (Å²) >= 11 is 0. The van der Waals surface area contributed by atoms with Crippen LogP contribution in [0.15, 0.2) is 48.9 Å². The Morgan fingerprint density at radius 1 is 1.02 bits per heavy atom. The van der Waals surface area contributed by atoms with E-state index in [1.807, 2.05) is 22.8 Å². The van der Waals surface area contributed by atoms with E-state index in [1.54, 1.807) is 23.0 Å². The van der Waals surface area contributed by atoms with Crippen molar-refractivity contribution >= 4 is 39.6 Å². The van der Waals surface area contributed by atoms with Gasteiger partial charge in [-0.25, -0.2) is 31.7 Å². The summed E-state index contributed by atoms with van der Waals surface area (Å²) in [6.07, 6.45) is 3.59. The summed E-state index contributed by atoms with van der Waals surface area (Å²) in [6, 6.07) is 7.14. The number of halogens is 5. The molecule has 1 aromatic carbocycles. The van der Waals surface area contributed by atoms with Crippen LogP contribution < -0.4 is 5.32 Å². The molecule has 1 saturated heterocycles. The molecule has 4 aromatic rings. The number of hydrogen-bond acceptors (Lipinski definition) is 3. The van der Waals surface area contributed by atoms with Crippen LogP contribution in [0, 0.1) is 5.82 Å². The number of fused-ring (bicyclic) bond motifs is 1. The van der Waals surface area contributed by atoms with Crippen molar-refractivity contribution in [2.75, 3.05) is 26.2 Å². The number of carbonyl (C=O) groups excluding carboxylic acids is 2. The van der Waals surface area contributed by atoms with Crippen LogP contribution in [0.2, 0.25) is 0 Å². The number of carbonyl (C=O) groups is 2. The van der Waals surface area contributed by atoms with Crippen LogP contribution in [0.3, 0.4) is 0 Å². The fraction of sp³-hybridized carbons (Fsp3) is 0.321. The Balaban J connectivity index is 1.29. The Morgan fingerprint density at radius 2 is 1.80 bits per heavy atom. The Labute approximate surface area is 229 Å². The van der Waals surface area contributed by atoms with Crippen molar-refractivity contribution in [3.8, 4) is 0 Å². The molecule has 0 spiro atoms. The summed E-state index contributed by atoms with van der Waals surface area (Å²) in [6.45, 7) is -1.91. The van der Waals surface area contributed by atoms with Crippen LogP contribution in [-0.2, 0) is 17.9 Å². The van der Waals surface area contributed by atoms with Gasteiger partial charge in [-0.1, -0.05) is 6.07 Å². The number of imidazole rings is 1. The number of urea groups is 1. The fourth-order valence-electron chi connectivity index (χ4n) is 6.24. The molecule has 3 aliphatic rings. The minimum Gasteiger partial charge on any atom is -0.348 e. The van der Waals surface area contributed by atoms with E-state index in [-0.39, 0.29) is 32.1 Å². The molecule has 41 heavy (non-hydrogen) atoms. The average molecular weight is 571 g/mol. The Bertz CT molecular complexity index is 1780. The predicted molar refractivity (Wildman–Crippen MR) is 139 cm³/mol. The van der Waals surface area contributed by atoms with Crippen molar-refractivity contribution in [1.82, 2.24) is 29.1 Å². The van der Waals surface area contributed by atoms with Gasteiger partial charge in [0.25, 0.3) is 17.8 Å². The van der Waals surface area contributed by atoms with Crippen LogP contribution in [0.25, 0.3) is 27.7 Å². The lowest BCUT2D eigenvalue weighted by molar-refractivity contribution is -0.162. The van der Waals surface area contributed by atoms with Crippen LogP contribution in [0.1, 0.15) is 23.2 Å². The fourth-order valence-corrected chi connectivity index (χ4v) is 6.24. The molecule has 1 fully saturated rings. The molecular weight excluding hydrogens is 547 g/mol. The number of pyridine rings is 1.